The molecule has 0 spiro atoms. The molecule has 1 aliphatic heterocycles. The third-order valence-electron chi connectivity index (χ3n) is 3.08. The molecule has 1 fully saturated rings. The summed E-state index contributed by atoms with van der Waals surface area (Å²) in [7, 11) is 0. The fourth-order valence-corrected chi connectivity index (χ4v) is 2.05. The van der Waals surface area contributed by atoms with Crippen molar-refractivity contribution in [3.05, 3.63) is 35.1 Å². The Hall–Kier alpha value is -0.930. The molecule has 2 rings (SSSR count). The largest absolute Gasteiger partial charge is 0.315 e. The van der Waals surface area contributed by atoms with Crippen molar-refractivity contribution < 1.29 is 4.39 Å². The van der Waals surface area contributed by atoms with Crippen LogP contribution in [-0.4, -0.2) is 31.1 Å². The van der Waals surface area contributed by atoms with Crippen LogP contribution >= 0.6 is 0 Å². The third kappa shape index (κ3) is 3.03. The molecule has 88 valence electrons. The average molecular weight is 222 g/mol. The van der Waals surface area contributed by atoms with E-state index in [1.54, 1.807) is 13.0 Å². The highest BCUT2D eigenvalue weighted by molar-refractivity contribution is 5.23. The second-order valence-corrected chi connectivity index (χ2v) is 4.46. The Morgan fingerprint density at radius 2 is 2.19 bits per heavy atom. The van der Waals surface area contributed by atoms with E-state index in [4.69, 9.17) is 0 Å². The van der Waals surface area contributed by atoms with Crippen LogP contribution in [0, 0.1) is 12.7 Å². The van der Waals surface area contributed by atoms with Gasteiger partial charge in [-0.25, -0.2) is 4.39 Å². The first-order chi connectivity index (χ1) is 7.75. The molecule has 2 nitrogen and oxygen atoms in total. The molecule has 1 aromatic rings. The van der Waals surface area contributed by atoms with Crippen molar-refractivity contribution in [1.82, 2.24) is 10.2 Å². The lowest BCUT2D eigenvalue weighted by molar-refractivity contribution is 0.284. The van der Waals surface area contributed by atoms with Gasteiger partial charge in [-0.15, -0.1) is 0 Å². The number of nitrogens with zero attached hydrogens (tertiary/aromatic N) is 1. The molecule has 0 atom stereocenters. The Morgan fingerprint density at radius 3 is 3.00 bits per heavy atom. The van der Waals surface area contributed by atoms with Gasteiger partial charge in [-0.3, -0.25) is 4.90 Å². The van der Waals surface area contributed by atoms with E-state index in [-0.39, 0.29) is 5.82 Å². The molecule has 0 bridgehead atoms. The summed E-state index contributed by atoms with van der Waals surface area (Å²) in [6.45, 7) is 6.94. The number of nitrogens with one attached hydrogen (secondary N) is 1. The Bertz CT molecular complexity index is 344. The summed E-state index contributed by atoms with van der Waals surface area (Å²) in [5.74, 6) is -0.0922. The van der Waals surface area contributed by atoms with Crippen LogP contribution in [0.1, 0.15) is 17.5 Å². The number of aryl methyl sites for hydroxylation is 1. The van der Waals surface area contributed by atoms with Gasteiger partial charge in [0, 0.05) is 19.6 Å². The van der Waals surface area contributed by atoms with Crippen LogP contribution in [0.3, 0.4) is 0 Å². The zero-order chi connectivity index (χ0) is 11.4. The monoisotopic (exact) mass is 222 g/mol. The number of rotatable bonds is 2. The normalized spacial score (nSPS) is 18.4. The lowest BCUT2D eigenvalue weighted by atomic mass is 10.1. The highest BCUT2D eigenvalue weighted by Crippen LogP contribution is 2.11. The van der Waals surface area contributed by atoms with Crippen molar-refractivity contribution in [1.29, 1.82) is 0 Å². The summed E-state index contributed by atoms with van der Waals surface area (Å²) in [6, 6.07) is 5.55. The highest BCUT2D eigenvalue weighted by atomic mass is 19.1. The van der Waals surface area contributed by atoms with Crippen molar-refractivity contribution in [3.63, 3.8) is 0 Å². The number of hydrogen-bond acceptors (Lipinski definition) is 2. The van der Waals surface area contributed by atoms with E-state index >= 15 is 0 Å². The minimum Gasteiger partial charge on any atom is -0.315 e. The topological polar surface area (TPSA) is 15.3 Å². The quantitative estimate of drug-likeness (QED) is 0.822. The summed E-state index contributed by atoms with van der Waals surface area (Å²) >= 11 is 0. The number of halogens is 1. The fourth-order valence-electron chi connectivity index (χ4n) is 2.05. The first-order valence-electron chi connectivity index (χ1n) is 5.94. The van der Waals surface area contributed by atoms with Crippen molar-refractivity contribution in [2.24, 2.45) is 0 Å². The third-order valence-corrected chi connectivity index (χ3v) is 3.08. The lowest BCUT2D eigenvalue weighted by Crippen LogP contribution is -2.27. The second kappa shape index (κ2) is 5.41. The van der Waals surface area contributed by atoms with Crippen LogP contribution in [0.2, 0.25) is 0 Å². The van der Waals surface area contributed by atoms with Crippen molar-refractivity contribution >= 4 is 0 Å². The maximum atomic E-state index is 13.4. The van der Waals surface area contributed by atoms with Gasteiger partial charge in [0.15, 0.2) is 0 Å². The molecule has 0 aliphatic carbocycles. The first-order valence-corrected chi connectivity index (χ1v) is 5.94. The van der Waals surface area contributed by atoms with E-state index < -0.39 is 0 Å². The average Bonchev–Trinajstić information content (AvgIpc) is 2.52. The van der Waals surface area contributed by atoms with E-state index in [9.17, 15) is 4.39 Å². The Morgan fingerprint density at radius 1 is 1.31 bits per heavy atom. The van der Waals surface area contributed by atoms with Crippen molar-refractivity contribution in [2.75, 3.05) is 26.2 Å². The van der Waals surface area contributed by atoms with Gasteiger partial charge in [0.1, 0.15) is 5.82 Å². The lowest BCUT2D eigenvalue weighted by Gasteiger charge is -2.19. The number of benzene rings is 1. The Balaban J connectivity index is 1.99. The molecule has 1 saturated heterocycles. The molecule has 1 heterocycles. The maximum Gasteiger partial charge on any atom is 0.126 e. The molecule has 0 unspecified atom stereocenters. The predicted molar refractivity (Wildman–Crippen MR) is 63.9 cm³/mol. The van der Waals surface area contributed by atoms with Crippen LogP contribution in [0.25, 0.3) is 0 Å². The molecule has 0 amide bonds. The molecule has 0 radical (unpaired) electrons. The van der Waals surface area contributed by atoms with E-state index in [1.165, 1.54) is 6.42 Å². The SMILES string of the molecule is Cc1ccc(CN2CCCNCC2)cc1F. The number of hydrogen-bond donors (Lipinski definition) is 1. The first kappa shape index (κ1) is 11.6. The zero-order valence-electron chi connectivity index (χ0n) is 9.80. The highest BCUT2D eigenvalue weighted by Gasteiger charge is 2.09. The second-order valence-electron chi connectivity index (χ2n) is 4.46. The summed E-state index contributed by atoms with van der Waals surface area (Å²) in [5, 5.41) is 3.37. The summed E-state index contributed by atoms with van der Waals surface area (Å²) in [6.07, 6.45) is 1.17. The molecular formula is C13H19FN2. The van der Waals surface area contributed by atoms with E-state index in [0.717, 1.165) is 43.9 Å². The van der Waals surface area contributed by atoms with Crippen LogP contribution < -0.4 is 5.32 Å². The van der Waals surface area contributed by atoms with Gasteiger partial charge in [-0.1, -0.05) is 12.1 Å². The predicted octanol–water partition coefficient (Wildman–Crippen LogP) is 1.93. The molecule has 3 heteroatoms. The van der Waals surface area contributed by atoms with Crippen LogP contribution in [-0.2, 0) is 6.54 Å². The standard InChI is InChI=1S/C13H19FN2/c1-11-3-4-12(9-13(11)14)10-16-7-2-5-15-6-8-16/h3-4,9,15H,2,5-8,10H2,1H3. The molecule has 0 aromatic heterocycles. The minimum atomic E-state index is -0.0922. The zero-order valence-corrected chi connectivity index (χ0v) is 9.80. The molecule has 1 N–H and O–H groups in total. The molecule has 1 aliphatic rings. The van der Waals surface area contributed by atoms with E-state index in [2.05, 4.69) is 10.2 Å². The summed E-state index contributed by atoms with van der Waals surface area (Å²) in [4.78, 5) is 2.38. The van der Waals surface area contributed by atoms with Crippen LogP contribution in [0.15, 0.2) is 18.2 Å². The maximum absolute atomic E-state index is 13.4. The van der Waals surface area contributed by atoms with Gasteiger partial charge in [-0.2, -0.15) is 0 Å². The molecule has 16 heavy (non-hydrogen) atoms. The Kier molecular flexibility index (Phi) is 3.91. The van der Waals surface area contributed by atoms with Gasteiger partial charge < -0.3 is 5.32 Å². The van der Waals surface area contributed by atoms with E-state index in [1.807, 2.05) is 12.1 Å². The van der Waals surface area contributed by atoms with Crippen LogP contribution in [0.5, 0.6) is 0 Å². The minimum absolute atomic E-state index is 0.0922. The van der Waals surface area contributed by atoms with Crippen LogP contribution in [0.4, 0.5) is 4.39 Å². The summed E-state index contributed by atoms with van der Waals surface area (Å²) in [5.41, 5.74) is 1.80. The van der Waals surface area contributed by atoms with Gasteiger partial charge >= 0.3 is 0 Å². The van der Waals surface area contributed by atoms with E-state index in [0.29, 0.717) is 0 Å². The molecular weight excluding hydrogens is 203 g/mol. The smallest absolute Gasteiger partial charge is 0.126 e. The van der Waals surface area contributed by atoms with Gasteiger partial charge in [0.25, 0.3) is 0 Å². The Labute approximate surface area is 96.5 Å². The van der Waals surface area contributed by atoms with Crippen molar-refractivity contribution in [3.8, 4) is 0 Å². The van der Waals surface area contributed by atoms with Gasteiger partial charge in [-0.05, 0) is 43.6 Å². The fraction of sp³-hybridized carbons (Fsp3) is 0.538. The molecule has 1 aromatic carbocycles. The van der Waals surface area contributed by atoms with Gasteiger partial charge in [0.2, 0.25) is 0 Å². The van der Waals surface area contributed by atoms with Gasteiger partial charge in [0.05, 0.1) is 0 Å². The summed E-state index contributed by atoms with van der Waals surface area (Å²) < 4.78 is 13.4. The van der Waals surface area contributed by atoms with Crippen molar-refractivity contribution in [2.45, 2.75) is 19.9 Å². The molecule has 0 saturated carbocycles.